The lowest BCUT2D eigenvalue weighted by Crippen LogP contribution is -2.01. The fourth-order valence-electron chi connectivity index (χ4n) is 1.93. The van der Waals surface area contributed by atoms with Crippen LogP contribution in [0.25, 0.3) is 5.69 Å². The van der Waals surface area contributed by atoms with Crippen LogP contribution in [0.1, 0.15) is 5.56 Å². The monoisotopic (exact) mass is 249 g/mol. The highest BCUT2D eigenvalue weighted by Gasteiger charge is 2.00. The first-order valence-electron chi connectivity index (χ1n) is 6.31. The van der Waals surface area contributed by atoms with Gasteiger partial charge in [-0.2, -0.15) is 5.10 Å². The maximum atomic E-state index is 4.50. The van der Waals surface area contributed by atoms with E-state index in [-0.39, 0.29) is 0 Å². The molecule has 3 rings (SSSR count). The molecule has 3 nitrogen and oxygen atoms in total. The van der Waals surface area contributed by atoms with Crippen molar-refractivity contribution in [3.8, 4) is 5.69 Å². The maximum Gasteiger partial charge on any atom is 0.148 e. The van der Waals surface area contributed by atoms with Gasteiger partial charge in [0.05, 0.1) is 5.69 Å². The molecule has 3 heteroatoms. The molecule has 1 heterocycles. The first-order chi connectivity index (χ1) is 9.42. The van der Waals surface area contributed by atoms with E-state index in [1.807, 2.05) is 65.5 Å². The molecule has 0 aliphatic rings. The highest BCUT2D eigenvalue weighted by Crippen LogP contribution is 2.10. The number of nitrogens with zero attached hydrogens (tertiary/aromatic N) is 2. The van der Waals surface area contributed by atoms with Gasteiger partial charge in [0.15, 0.2) is 0 Å². The Morgan fingerprint density at radius 3 is 2.26 bits per heavy atom. The zero-order valence-electron chi connectivity index (χ0n) is 10.5. The predicted molar refractivity (Wildman–Crippen MR) is 77.3 cm³/mol. The summed E-state index contributed by atoms with van der Waals surface area (Å²) in [4.78, 5) is 0. The zero-order valence-corrected chi connectivity index (χ0v) is 10.5. The minimum absolute atomic E-state index is 0.784. The number of nitrogens with one attached hydrogen (secondary N) is 1. The summed E-state index contributed by atoms with van der Waals surface area (Å²) < 4.78 is 1.87. The summed E-state index contributed by atoms with van der Waals surface area (Å²) in [5, 5.41) is 7.82. The third kappa shape index (κ3) is 2.83. The summed E-state index contributed by atoms with van der Waals surface area (Å²) in [6.07, 6.45) is 1.96. The van der Waals surface area contributed by atoms with Gasteiger partial charge < -0.3 is 5.32 Å². The predicted octanol–water partition coefficient (Wildman–Crippen LogP) is 3.48. The van der Waals surface area contributed by atoms with Crippen LogP contribution in [0.5, 0.6) is 0 Å². The zero-order chi connectivity index (χ0) is 12.9. The highest BCUT2D eigenvalue weighted by molar-refractivity contribution is 5.38. The summed E-state index contributed by atoms with van der Waals surface area (Å²) in [6.45, 7) is 0.784. The van der Waals surface area contributed by atoms with Gasteiger partial charge in [-0.3, -0.25) is 0 Å². The number of rotatable bonds is 4. The largest absolute Gasteiger partial charge is 0.365 e. The molecule has 0 radical (unpaired) electrons. The Balaban J connectivity index is 1.69. The SMILES string of the molecule is c1ccc(CNc2ccn(-c3ccccc3)n2)cc1. The molecule has 19 heavy (non-hydrogen) atoms. The van der Waals surface area contributed by atoms with Crippen LogP contribution in [0.15, 0.2) is 72.9 Å². The summed E-state index contributed by atoms with van der Waals surface area (Å²) in [7, 11) is 0. The van der Waals surface area contributed by atoms with Crippen molar-refractivity contribution in [1.29, 1.82) is 0 Å². The Hall–Kier alpha value is -2.55. The first kappa shape index (κ1) is 11.5. The van der Waals surface area contributed by atoms with Crippen molar-refractivity contribution in [2.45, 2.75) is 6.54 Å². The lowest BCUT2D eigenvalue weighted by molar-refractivity contribution is 0.877. The minimum Gasteiger partial charge on any atom is -0.365 e. The van der Waals surface area contributed by atoms with Crippen LogP contribution < -0.4 is 5.32 Å². The van der Waals surface area contributed by atoms with Crippen LogP contribution in [0, 0.1) is 0 Å². The second kappa shape index (κ2) is 5.40. The minimum atomic E-state index is 0.784. The smallest absolute Gasteiger partial charge is 0.148 e. The van der Waals surface area contributed by atoms with Crippen LogP contribution in [0.3, 0.4) is 0 Å². The second-order valence-corrected chi connectivity index (χ2v) is 4.32. The van der Waals surface area contributed by atoms with Crippen molar-refractivity contribution in [2.75, 3.05) is 5.32 Å². The number of benzene rings is 2. The fraction of sp³-hybridized carbons (Fsp3) is 0.0625. The number of para-hydroxylation sites is 1. The molecule has 0 fully saturated rings. The molecule has 0 atom stereocenters. The van der Waals surface area contributed by atoms with Crippen LogP contribution in [0.4, 0.5) is 5.82 Å². The first-order valence-corrected chi connectivity index (χ1v) is 6.31. The van der Waals surface area contributed by atoms with Gasteiger partial charge in [0.2, 0.25) is 0 Å². The van der Waals surface area contributed by atoms with E-state index in [1.54, 1.807) is 0 Å². The molecule has 0 amide bonds. The summed E-state index contributed by atoms with van der Waals surface area (Å²) in [5.74, 6) is 0.882. The van der Waals surface area contributed by atoms with E-state index in [0.717, 1.165) is 18.1 Å². The van der Waals surface area contributed by atoms with Crippen molar-refractivity contribution >= 4 is 5.82 Å². The third-order valence-corrected chi connectivity index (χ3v) is 2.93. The second-order valence-electron chi connectivity index (χ2n) is 4.32. The average molecular weight is 249 g/mol. The molecule has 0 unspecified atom stereocenters. The molecule has 1 aromatic heterocycles. The number of anilines is 1. The normalized spacial score (nSPS) is 10.3. The highest BCUT2D eigenvalue weighted by atomic mass is 15.3. The molecule has 94 valence electrons. The Morgan fingerprint density at radius 1 is 0.842 bits per heavy atom. The quantitative estimate of drug-likeness (QED) is 0.767. The van der Waals surface area contributed by atoms with Gasteiger partial charge in [-0.05, 0) is 17.7 Å². The molecule has 0 bridgehead atoms. The van der Waals surface area contributed by atoms with Gasteiger partial charge in [-0.15, -0.1) is 0 Å². The lowest BCUT2D eigenvalue weighted by atomic mass is 10.2. The van der Waals surface area contributed by atoms with Crippen LogP contribution in [-0.2, 0) is 6.54 Å². The molecule has 0 aliphatic carbocycles. The molecular weight excluding hydrogens is 234 g/mol. The Labute approximate surface area is 112 Å². The summed E-state index contributed by atoms with van der Waals surface area (Å²) in [5.41, 5.74) is 2.31. The molecule has 0 aliphatic heterocycles. The van der Waals surface area contributed by atoms with Gasteiger partial charge in [-0.1, -0.05) is 48.5 Å². The summed E-state index contributed by atoms with van der Waals surface area (Å²) >= 11 is 0. The van der Waals surface area contributed by atoms with Gasteiger partial charge in [0, 0.05) is 18.8 Å². The molecule has 0 saturated heterocycles. The van der Waals surface area contributed by atoms with E-state index >= 15 is 0 Å². The number of hydrogen-bond acceptors (Lipinski definition) is 2. The standard InChI is InChI=1S/C16H15N3/c1-3-7-14(8-4-1)13-17-16-11-12-19(18-16)15-9-5-2-6-10-15/h1-12H,13H2,(H,17,18). The van der Waals surface area contributed by atoms with E-state index < -0.39 is 0 Å². The fourth-order valence-corrected chi connectivity index (χ4v) is 1.93. The van der Waals surface area contributed by atoms with E-state index in [2.05, 4.69) is 22.5 Å². The van der Waals surface area contributed by atoms with Gasteiger partial charge in [0.1, 0.15) is 5.82 Å². The van der Waals surface area contributed by atoms with Gasteiger partial charge in [-0.25, -0.2) is 4.68 Å². The Kier molecular flexibility index (Phi) is 3.28. The number of hydrogen-bond donors (Lipinski definition) is 1. The maximum absolute atomic E-state index is 4.50. The van der Waals surface area contributed by atoms with Crippen molar-refractivity contribution in [2.24, 2.45) is 0 Å². The van der Waals surface area contributed by atoms with Gasteiger partial charge >= 0.3 is 0 Å². The van der Waals surface area contributed by atoms with Crippen LogP contribution in [0.2, 0.25) is 0 Å². The van der Waals surface area contributed by atoms with Crippen LogP contribution >= 0.6 is 0 Å². The molecular formula is C16H15N3. The van der Waals surface area contributed by atoms with Crippen LogP contribution in [-0.4, -0.2) is 9.78 Å². The van der Waals surface area contributed by atoms with E-state index in [1.165, 1.54) is 5.56 Å². The third-order valence-electron chi connectivity index (χ3n) is 2.93. The van der Waals surface area contributed by atoms with E-state index in [9.17, 15) is 0 Å². The topological polar surface area (TPSA) is 29.9 Å². The molecule has 0 saturated carbocycles. The average Bonchev–Trinajstić information content (AvgIpc) is 2.96. The molecule has 1 N–H and O–H groups in total. The van der Waals surface area contributed by atoms with Gasteiger partial charge in [0.25, 0.3) is 0 Å². The summed E-state index contributed by atoms with van der Waals surface area (Å²) in [6, 6.07) is 22.4. The van der Waals surface area contributed by atoms with E-state index in [4.69, 9.17) is 0 Å². The molecule has 0 spiro atoms. The van der Waals surface area contributed by atoms with Crippen molar-refractivity contribution in [1.82, 2.24) is 9.78 Å². The van der Waals surface area contributed by atoms with Crippen molar-refractivity contribution in [3.63, 3.8) is 0 Å². The van der Waals surface area contributed by atoms with Crippen molar-refractivity contribution in [3.05, 3.63) is 78.5 Å². The molecule has 3 aromatic rings. The lowest BCUT2D eigenvalue weighted by Gasteiger charge is -2.03. The Morgan fingerprint density at radius 2 is 1.53 bits per heavy atom. The Bertz CT molecular complexity index is 629. The molecule has 2 aromatic carbocycles. The van der Waals surface area contributed by atoms with E-state index in [0.29, 0.717) is 0 Å². The number of aromatic nitrogens is 2. The van der Waals surface area contributed by atoms with Crippen molar-refractivity contribution < 1.29 is 0 Å².